The Labute approximate surface area is 49.3 Å². The van der Waals surface area contributed by atoms with Gasteiger partial charge in [-0.2, -0.15) is 0 Å². The van der Waals surface area contributed by atoms with E-state index in [9.17, 15) is 0 Å². The largest absolute Gasteiger partial charge is 0.133 e. The van der Waals surface area contributed by atoms with E-state index in [0.717, 1.165) is 0 Å². The number of thioether (sulfide) groups is 1. The summed E-state index contributed by atoms with van der Waals surface area (Å²) < 4.78 is 0. The molecule has 2 radical (unpaired) electrons. The number of hydrogen-bond acceptors (Lipinski definition) is 1. The summed E-state index contributed by atoms with van der Waals surface area (Å²) in [7, 11) is 0. The van der Waals surface area contributed by atoms with E-state index >= 15 is 0 Å². The van der Waals surface area contributed by atoms with Crippen molar-refractivity contribution in [2.45, 2.75) is 0 Å². The van der Waals surface area contributed by atoms with Crippen LogP contribution in [0.2, 0.25) is 0 Å². The van der Waals surface area contributed by atoms with Crippen LogP contribution in [0.4, 0.5) is 0 Å². The minimum Gasteiger partial charge on any atom is -0.133 e. The van der Waals surface area contributed by atoms with Gasteiger partial charge in [0.2, 0.25) is 0 Å². The zero-order valence-corrected chi connectivity index (χ0v) is 4.95. The number of rotatable bonds is 2. The molecule has 0 atom stereocenters. The standard InChI is InChI=1S/C6H8S/c1-3-4-5-6-7-2/h3-6H,1-2H2. The monoisotopic (exact) mass is 112 g/mol. The molecule has 0 heterocycles. The summed E-state index contributed by atoms with van der Waals surface area (Å²) in [6.07, 6.45) is 9.01. The number of allylic oxidation sites excluding steroid dienone is 3. The third-order valence-electron chi connectivity index (χ3n) is 0.422. The molecule has 7 heavy (non-hydrogen) atoms. The number of hydrogen-bond donors (Lipinski definition) is 0. The Bertz CT molecular complexity index is 72.2. The van der Waals surface area contributed by atoms with Gasteiger partial charge in [0.1, 0.15) is 0 Å². The van der Waals surface area contributed by atoms with Crippen LogP contribution in [-0.4, -0.2) is 0 Å². The molecule has 0 aromatic rings. The van der Waals surface area contributed by atoms with Crippen molar-refractivity contribution < 1.29 is 0 Å². The van der Waals surface area contributed by atoms with Gasteiger partial charge in [-0.25, -0.2) is 0 Å². The van der Waals surface area contributed by atoms with E-state index in [0.29, 0.717) is 0 Å². The van der Waals surface area contributed by atoms with E-state index in [1.807, 2.05) is 17.6 Å². The topological polar surface area (TPSA) is 0 Å². The van der Waals surface area contributed by atoms with Crippen LogP contribution in [0.15, 0.2) is 23.6 Å². The van der Waals surface area contributed by atoms with E-state index < -0.39 is 0 Å². The first-order chi connectivity index (χ1) is 3.41. The van der Waals surface area contributed by atoms with Gasteiger partial charge >= 0.3 is 0 Å². The lowest BCUT2D eigenvalue weighted by molar-refractivity contribution is 1.98. The van der Waals surface area contributed by atoms with Crippen LogP contribution >= 0.6 is 11.8 Å². The molecule has 0 aliphatic heterocycles. The van der Waals surface area contributed by atoms with Crippen LogP contribution in [0.3, 0.4) is 0 Å². The van der Waals surface area contributed by atoms with Gasteiger partial charge in [-0.1, -0.05) is 18.2 Å². The average molecular weight is 112 g/mol. The molecular weight excluding hydrogens is 104 g/mol. The summed E-state index contributed by atoms with van der Waals surface area (Å²) >= 11 is 1.43. The van der Waals surface area contributed by atoms with Crippen LogP contribution < -0.4 is 0 Å². The first-order valence-electron chi connectivity index (χ1n) is 1.93. The Morgan fingerprint density at radius 1 is 1.29 bits per heavy atom. The van der Waals surface area contributed by atoms with Gasteiger partial charge in [-0.15, -0.1) is 11.8 Å². The first-order valence-corrected chi connectivity index (χ1v) is 2.98. The fourth-order valence-corrected chi connectivity index (χ4v) is 0.381. The van der Waals surface area contributed by atoms with Crippen molar-refractivity contribution >= 4 is 11.8 Å². The molecular formula is C6H8S. The van der Waals surface area contributed by atoms with Gasteiger partial charge in [-0.3, -0.25) is 0 Å². The Morgan fingerprint density at radius 2 is 2.00 bits per heavy atom. The van der Waals surface area contributed by atoms with E-state index in [1.165, 1.54) is 11.8 Å². The van der Waals surface area contributed by atoms with Crippen molar-refractivity contribution in [3.63, 3.8) is 0 Å². The van der Waals surface area contributed by atoms with Crippen LogP contribution in [0.25, 0.3) is 0 Å². The Kier molecular flexibility index (Phi) is 5.69. The molecule has 0 spiro atoms. The van der Waals surface area contributed by atoms with E-state index in [1.54, 1.807) is 6.08 Å². The van der Waals surface area contributed by atoms with Crippen LogP contribution in [-0.2, 0) is 0 Å². The summed E-state index contributed by atoms with van der Waals surface area (Å²) in [5.74, 6) is 0. The third kappa shape index (κ3) is 5.83. The lowest BCUT2D eigenvalue weighted by Crippen LogP contribution is -1.41. The summed E-state index contributed by atoms with van der Waals surface area (Å²) in [6.45, 7) is 3.50. The second kappa shape index (κ2) is 5.83. The molecule has 1 heteroatoms. The molecule has 0 fully saturated rings. The van der Waals surface area contributed by atoms with Crippen LogP contribution in [0.5, 0.6) is 0 Å². The first kappa shape index (κ1) is 6.83. The van der Waals surface area contributed by atoms with Crippen molar-refractivity contribution in [3.05, 3.63) is 36.8 Å². The third-order valence-corrected chi connectivity index (χ3v) is 0.772. The molecule has 0 aromatic carbocycles. The highest BCUT2D eigenvalue weighted by Crippen LogP contribution is 1.95. The molecule has 0 rings (SSSR count). The zero-order chi connectivity index (χ0) is 5.54. The maximum Gasteiger partial charge on any atom is 0.00684 e. The predicted molar refractivity (Wildman–Crippen MR) is 36.6 cm³/mol. The van der Waals surface area contributed by atoms with Crippen molar-refractivity contribution in [2.24, 2.45) is 0 Å². The van der Waals surface area contributed by atoms with Gasteiger partial charge in [0.15, 0.2) is 0 Å². The quantitative estimate of drug-likeness (QED) is 0.494. The predicted octanol–water partition coefficient (Wildman–Crippen LogP) is 2.42. The Balaban J connectivity index is 3.09. The minimum atomic E-state index is 1.43. The van der Waals surface area contributed by atoms with E-state index in [4.69, 9.17) is 0 Å². The Morgan fingerprint density at radius 3 is 2.43 bits per heavy atom. The molecule has 0 saturated heterocycles. The van der Waals surface area contributed by atoms with E-state index in [-0.39, 0.29) is 0 Å². The molecule has 0 N–H and O–H groups in total. The molecule has 0 amide bonds. The molecule has 0 aromatic heterocycles. The van der Waals surface area contributed by atoms with Gasteiger partial charge < -0.3 is 0 Å². The fourth-order valence-electron chi connectivity index (χ4n) is 0.179. The molecule has 0 bridgehead atoms. The SMILES string of the molecule is [CH2]C=CC=CS[CH2]. The van der Waals surface area contributed by atoms with E-state index in [2.05, 4.69) is 13.2 Å². The minimum absolute atomic E-state index is 1.43. The molecule has 38 valence electrons. The molecule has 0 saturated carbocycles. The van der Waals surface area contributed by atoms with Crippen molar-refractivity contribution in [2.75, 3.05) is 0 Å². The lowest BCUT2D eigenvalue weighted by atomic mass is 10.5. The zero-order valence-electron chi connectivity index (χ0n) is 4.13. The normalized spacial score (nSPS) is 11.7. The van der Waals surface area contributed by atoms with Gasteiger partial charge in [0, 0.05) is 6.26 Å². The summed E-state index contributed by atoms with van der Waals surface area (Å²) in [4.78, 5) is 0. The highest BCUT2D eigenvalue weighted by molar-refractivity contribution is 8.03. The second-order valence-corrected chi connectivity index (χ2v) is 1.53. The Hall–Kier alpha value is -0.170. The molecule has 0 aliphatic rings. The van der Waals surface area contributed by atoms with Crippen LogP contribution in [0, 0.1) is 13.2 Å². The van der Waals surface area contributed by atoms with Crippen LogP contribution in [0.1, 0.15) is 0 Å². The highest BCUT2D eigenvalue weighted by atomic mass is 32.2. The summed E-state index contributed by atoms with van der Waals surface area (Å²) in [6, 6.07) is 0. The van der Waals surface area contributed by atoms with Gasteiger partial charge in [0.05, 0.1) is 0 Å². The molecule has 0 aliphatic carbocycles. The highest BCUT2D eigenvalue weighted by Gasteiger charge is 1.57. The average Bonchev–Trinajstić information content (AvgIpc) is 1.69. The maximum absolute atomic E-state index is 3.53. The molecule has 0 unspecified atom stereocenters. The second-order valence-electron chi connectivity index (χ2n) is 0.923. The van der Waals surface area contributed by atoms with Gasteiger partial charge in [0.25, 0.3) is 0 Å². The van der Waals surface area contributed by atoms with Crippen molar-refractivity contribution in [1.82, 2.24) is 0 Å². The maximum atomic E-state index is 3.53. The van der Waals surface area contributed by atoms with Crippen molar-refractivity contribution in [1.29, 1.82) is 0 Å². The van der Waals surface area contributed by atoms with Crippen molar-refractivity contribution in [3.8, 4) is 0 Å². The fraction of sp³-hybridized carbons (Fsp3) is 0. The summed E-state index contributed by atoms with van der Waals surface area (Å²) in [5.41, 5.74) is 0. The summed E-state index contributed by atoms with van der Waals surface area (Å²) in [5, 5.41) is 1.89. The lowest BCUT2D eigenvalue weighted by Gasteiger charge is -1.70. The molecule has 0 nitrogen and oxygen atoms in total. The smallest absolute Gasteiger partial charge is 0.00684 e. The van der Waals surface area contributed by atoms with Gasteiger partial charge in [-0.05, 0) is 12.3 Å².